The van der Waals surface area contributed by atoms with Gasteiger partial charge in [-0.05, 0) is 141 Å². The van der Waals surface area contributed by atoms with E-state index in [2.05, 4.69) is 39.1 Å². The maximum absolute atomic E-state index is 16.0. The Morgan fingerprint density at radius 2 is 1.37 bits per heavy atom. The zero-order valence-electron chi connectivity index (χ0n) is 35.9. The molecule has 322 valence electrons. The first kappa shape index (κ1) is 47.4. The quantitative estimate of drug-likeness (QED) is 0.0464. The molecule has 1 saturated carbocycles. The van der Waals surface area contributed by atoms with Crippen LogP contribution in [0.15, 0.2) is 72.8 Å². The van der Waals surface area contributed by atoms with E-state index in [0.717, 1.165) is 57.7 Å². The largest absolute Gasteiger partial charge is 0.492 e. The summed E-state index contributed by atoms with van der Waals surface area (Å²) < 4.78 is 33.2. The molecule has 0 atom stereocenters. The minimum atomic E-state index is -1.31. The zero-order chi connectivity index (χ0) is 43.0. The van der Waals surface area contributed by atoms with Crippen molar-refractivity contribution in [3.63, 3.8) is 0 Å². The Hall–Kier alpha value is -4.31. The molecule has 3 aromatic carbocycles. The minimum Gasteiger partial charge on any atom is -0.492 e. The lowest BCUT2D eigenvalue weighted by Crippen LogP contribution is -2.41. The summed E-state index contributed by atoms with van der Waals surface area (Å²) in [5.74, 6) is 0.399. The molecule has 4 rings (SSSR count). The highest BCUT2D eigenvalue weighted by Gasteiger charge is 2.33. The number of carbonyl (C=O) groups excluding carboxylic acids is 2. The number of aliphatic hydroxyl groups is 3. The molecule has 0 saturated heterocycles. The fraction of sp³-hybridized carbons (Fsp3) is 0.520. The molecule has 1 aliphatic carbocycles. The molecule has 3 aromatic rings. The van der Waals surface area contributed by atoms with Crippen molar-refractivity contribution in [2.75, 3.05) is 39.6 Å². The van der Waals surface area contributed by atoms with Crippen LogP contribution in [0, 0.1) is 17.2 Å². The van der Waals surface area contributed by atoms with Crippen LogP contribution in [0.2, 0.25) is 0 Å². The number of aryl methyl sites for hydroxylation is 3. The highest BCUT2D eigenvalue weighted by atomic mass is 19.1. The fourth-order valence-electron chi connectivity index (χ4n) is 7.94. The van der Waals surface area contributed by atoms with E-state index in [-0.39, 0.29) is 37.8 Å². The van der Waals surface area contributed by atoms with E-state index < -0.39 is 30.6 Å². The molecule has 0 bridgehead atoms. The van der Waals surface area contributed by atoms with Crippen LogP contribution in [0.25, 0.3) is 22.3 Å². The average Bonchev–Trinajstić information content (AvgIpc) is 3.24. The van der Waals surface area contributed by atoms with Crippen molar-refractivity contribution >= 4 is 11.9 Å². The van der Waals surface area contributed by atoms with Gasteiger partial charge in [0.15, 0.2) is 0 Å². The Bertz CT molecular complexity index is 1870. The number of rotatable bonds is 24. The molecule has 0 aromatic heterocycles. The Morgan fingerprint density at radius 3 is 1.97 bits per heavy atom. The predicted molar refractivity (Wildman–Crippen MR) is 233 cm³/mol. The Morgan fingerprint density at radius 1 is 0.746 bits per heavy atom. The van der Waals surface area contributed by atoms with Crippen molar-refractivity contribution < 1.29 is 43.5 Å². The maximum atomic E-state index is 16.0. The summed E-state index contributed by atoms with van der Waals surface area (Å²) in [4.78, 5) is 24.3. The lowest BCUT2D eigenvalue weighted by atomic mass is 9.77. The molecular formula is C50H67FO8. The fourth-order valence-corrected chi connectivity index (χ4v) is 7.94. The van der Waals surface area contributed by atoms with Crippen molar-refractivity contribution in [3.05, 3.63) is 101 Å². The van der Waals surface area contributed by atoms with E-state index in [1.807, 2.05) is 30.3 Å². The third kappa shape index (κ3) is 13.3. The number of halogens is 1. The third-order valence-corrected chi connectivity index (χ3v) is 11.7. The van der Waals surface area contributed by atoms with Gasteiger partial charge >= 0.3 is 11.9 Å². The van der Waals surface area contributed by atoms with Crippen molar-refractivity contribution in [2.45, 2.75) is 117 Å². The van der Waals surface area contributed by atoms with Crippen LogP contribution in [0.1, 0.15) is 120 Å². The third-order valence-electron chi connectivity index (χ3n) is 11.7. The van der Waals surface area contributed by atoms with Gasteiger partial charge in [-0.1, -0.05) is 83.0 Å². The highest BCUT2D eigenvalue weighted by Crippen LogP contribution is 2.40. The second-order valence-electron chi connectivity index (χ2n) is 16.6. The molecule has 1 fully saturated rings. The van der Waals surface area contributed by atoms with Crippen LogP contribution >= 0.6 is 0 Å². The lowest BCUT2D eigenvalue weighted by molar-refractivity contribution is -0.146. The molecule has 59 heavy (non-hydrogen) atoms. The number of hydrogen-bond acceptors (Lipinski definition) is 8. The van der Waals surface area contributed by atoms with Crippen LogP contribution < -0.4 is 4.74 Å². The summed E-state index contributed by atoms with van der Waals surface area (Å²) in [6, 6.07) is 15.9. The normalized spacial score (nSPS) is 15.5. The van der Waals surface area contributed by atoms with Gasteiger partial charge in [0.2, 0.25) is 0 Å². The van der Waals surface area contributed by atoms with Crippen LogP contribution in [0.3, 0.4) is 0 Å². The number of unbranched alkanes of at least 4 members (excludes halogenated alkanes) is 2. The first-order chi connectivity index (χ1) is 28.4. The number of carbonyl (C=O) groups is 2. The van der Waals surface area contributed by atoms with Gasteiger partial charge in [0.25, 0.3) is 0 Å². The monoisotopic (exact) mass is 814 g/mol. The SMILES string of the molecule is C=C(C)C(=O)OCCCc1cc(-c2ccc(-c3ccc(C4CCC(CCCCC)CC4)cc3F)c(CC)c2)cc(CCCO)c1OCC(CO)(CO)COC(=O)C(=C)C. The zero-order valence-corrected chi connectivity index (χ0v) is 35.9. The molecule has 0 radical (unpaired) electrons. The van der Waals surface area contributed by atoms with Gasteiger partial charge in [0.05, 0.1) is 25.2 Å². The van der Waals surface area contributed by atoms with E-state index >= 15 is 4.39 Å². The molecule has 0 heterocycles. The minimum absolute atomic E-state index is 0.0523. The Kier molecular flexibility index (Phi) is 18.8. The molecule has 9 heteroatoms. The van der Waals surface area contributed by atoms with Crippen molar-refractivity contribution in [1.82, 2.24) is 0 Å². The lowest BCUT2D eigenvalue weighted by Gasteiger charge is -2.30. The van der Waals surface area contributed by atoms with Gasteiger partial charge < -0.3 is 29.5 Å². The summed E-state index contributed by atoms with van der Waals surface area (Å²) in [5, 5.41) is 30.6. The molecule has 1 aliphatic rings. The smallest absolute Gasteiger partial charge is 0.333 e. The van der Waals surface area contributed by atoms with Gasteiger partial charge in [-0.3, -0.25) is 0 Å². The summed E-state index contributed by atoms with van der Waals surface area (Å²) in [6.45, 7) is 13.3. The highest BCUT2D eigenvalue weighted by molar-refractivity contribution is 5.87. The maximum Gasteiger partial charge on any atom is 0.333 e. The molecule has 8 nitrogen and oxygen atoms in total. The number of hydrogen-bond donors (Lipinski definition) is 3. The molecule has 3 N–H and O–H groups in total. The van der Waals surface area contributed by atoms with E-state index in [9.17, 15) is 24.9 Å². The van der Waals surface area contributed by atoms with E-state index in [1.165, 1.54) is 45.4 Å². The topological polar surface area (TPSA) is 123 Å². The average molecular weight is 815 g/mol. The van der Waals surface area contributed by atoms with Crippen molar-refractivity contribution in [1.29, 1.82) is 0 Å². The molecular weight excluding hydrogens is 748 g/mol. The van der Waals surface area contributed by atoms with Crippen molar-refractivity contribution in [2.24, 2.45) is 11.3 Å². The van der Waals surface area contributed by atoms with Crippen LogP contribution in [0.5, 0.6) is 5.75 Å². The Balaban J connectivity index is 1.66. The first-order valence-corrected chi connectivity index (χ1v) is 21.6. The van der Waals surface area contributed by atoms with E-state index in [1.54, 1.807) is 13.0 Å². The van der Waals surface area contributed by atoms with E-state index in [4.69, 9.17) is 14.2 Å². The summed E-state index contributed by atoms with van der Waals surface area (Å²) in [6.07, 6.45) is 12.4. The standard InChI is InChI=1S/C50H67FO8/c1-7-9-10-13-36-16-18-38(19-17-36)40-21-23-45(46(51)29-40)44-22-20-39(26-37(44)8-2)43-27-41(14-11-24-52)47(42(28-43)15-12-25-57-48(55)34(3)4)58-32-50(30-53,31-54)33-59-49(56)35(5)6/h20-23,26-29,36,38,52-54H,3,5,7-19,24-25,30-33H2,1-2,4,6H3. The van der Waals surface area contributed by atoms with Gasteiger partial charge in [0.1, 0.15) is 24.8 Å². The molecule has 0 aliphatic heterocycles. The first-order valence-electron chi connectivity index (χ1n) is 21.6. The Labute approximate surface area is 351 Å². The summed E-state index contributed by atoms with van der Waals surface area (Å²) in [7, 11) is 0. The van der Waals surface area contributed by atoms with Crippen molar-refractivity contribution in [3.8, 4) is 28.0 Å². The van der Waals surface area contributed by atoms with Crippen LogP contribution in [-0.4, -0.2) is 66.9 Å². The molecule has 0 spiro atoms. The number of esters is 2. The number of aliphatic hydroxyl groups excluding tert-OH is 3. The predicted octanol–water partition coefficient (Wildman–Crippen LogP) is 10.0. The van der Waals surface area contributed by atoms with Gasteiger partial charge in [-0.2, -0.15) is 0 Å². The second-order valence-corrected chi connectivity index (χ2v) is 16.6. The molecule has 0 amide bonds. The summed E-state index contributed by atoms with van der Waals surface area (Å²) >= 11 is 0. The van der Waals surface area contributed by atoms with Crippen LogP contribution in [0.4, 0.5) is 4.39 Å². The van der Waals surface area contributed by atoms with Crippen LogP contribution in [-0.2, 0) is 38.3 Å². The number of ether oxygens (including phenoxy) is 3. The van der Waals surface area contributed by atoms with E-state index in [0.29, 0.717) is 54.9 Å². The van der Waals surface area contributed by atoms with Gasteiger partial charge in [-0.15, -0.1) is 0 Å². The summed E-state index contributed by atoms with van der Waals surface area (Å²) in [5.41, 5.74) is 6.16. The second kappa shape index (κ2) is 23.5. The number of benzene rings is 3. The molecule has 0 unspecified atom stereocenters. The van der Waals surface area contributed by atoms with Gasteiger partial charge in [-0.25, -0.2) is 14.0 Å². The van der Waals surface area contributed by atoms with Gasteiger partial charge in [0, 0.05) is 23.3 Å².